The molecule has 3 N–H and O–H groups in total. The van der Waals surface area contributed by atoms with E-state index in [2.05, 4.69) is 10.2 Å². The molecular weight excluding hydrogens is 226 g/mol. The second-order valence-electron chi connectivity index (χ2n) is 5.11. The van der Waals surface area contributed by atoms with Gasteiger partial charge in [-0.05, 0) is 31.0 Å². The first-order chi connectivity index (χ1) is 8.58. The molecule has 1 aliphatic rings. The van der Waals surface area contributed by atoms with Crippen LogP contribution in [0.4, 0.5) is 17.1 Å². The summed E-state index contributed by atoms with van der Waals surface area (Å²) < 4.78 is 0. The first-order valence-electron chi connectivity index (χ1n) is 6.53. The van der Waals surface area contributed by atoms with E-state index in [9.17, 15) is 4.79 Å². The molecule has 98 valence electrons. The maximum absolute atomic E-state index is 11.8. The Balaban J connectivity index is 2.25. The van der Waals surface area contributed by atoms with Crippen LogP contribution < -0.4 is 16.0 Å². The van der Waals surface area contributed by atoms with Crippen LogP contribution in [0, 0.1) is 5.92 Å². The molecule has 1 aromatic carbocycles. The van der Waals surface area contributed by atoms with Crippen molar-refractivity contribution in [1.82, 2.24) is 0 Å². The Morgan fingerprint density at radius 1 is 1.33 bits per heavy atom. The van der Waals surface area contributed by atoms with Crippen LogP contribution in [0.3, 0.4) is 0 Å². The summed E-state index contributed by atoms with van der Waals surface area (Å²) in [5.74, 6) is -0.00101. The Labute approximate surface area is 108 Å². The maximum Gasteiger partial charge on any atom is 0.226 e. The Kier molecular flexibility index (Phi) is 3.75. The number of rotatable bonds is 3. The molecule has 18 heavy (non-hydrogen) atoms. The summed E-state index contributed by atoms with van der Waals surface area (Å²) in [6, 6.07) is 5.73. The van der Waals surface area contributed by atoms with Crippen LogP contribution in [0.2, 0.25) is 0 Å². The molecule has 2 rings (SSSR count). The zero-order valence-corrected chi connectivity index (χ0v) is 11.1. The molecule has 0 saturated carbocycles. The summed E-state index contributed by atoms with van der Waals surface area (Å²) in [5, 5.41) is 2.97. The predicted octanol–water partition coefficient (Wildman–Crippen LogP) is 2.46. The largest absolute Gasteiger partial charge is 0.399 e. The monoisotopic (exact) mass is 247 g/mol. The van der Waals surface area contributed by atoms with Gasteiger partial charge in [-0.25, -0.2) is 0 Å². The highest BCUT2D eigenvalue weighted by Crippen LogP contribution is 2.31. The molecular formula is C14H21N3O. The molecule has 0 unspecified atom stereocenters. The summed E-state index contributed by atoms with van der Waals surface area (Å²) in [5.41, 5.74) is 8.39. The van der Waals surface area contributed by atoms with Gasteiger partial charge in [0.05, 0.1) is 11.4 Å². The van der Waals surface area contributed by atoms with E-state index < -0.39 is 0 Å². The number of hydrogen-bond acceptors (Lipinski definition) is 3. The van der Waals surface area contributed by atoms with E-state index in [1.54, 1.807) is 0 Å². The number of carbonyl (C=O) groups is 1. The van der Waals surface area contributed by atoms with E-state index in [1.807, 2.05) is 32.0 Å². The van der Waals surface area contributed by atoms with E-state index >= 15 is 0 Å². The molecule has 4 nitrogen and oxygen atoms in total. The fraction of sp³-hybridized carbons (Fsp3) is 0.500. The highest BCUT2D eigenvalue weighted by atomic mass is 16.1. The van der Waals surface area contributed by atoms with Crippen LogP contribution in [0.15, 0.2) is 18.2 Å². The first kappa shape index (κ1) is 12.7. The fourth-order valence-corrected chi connectivity index (χ4v) is 2.16. The van der Waals surface area contributed by atoms with Gasteiger partial charge in [0.25, 0.3) is 0 Å². The summed E-state index contributed by atoms with van der Waals surface area (Å²) in [6.45, 7) is 5.87. The van der Waals surface area contributed by atoms with Gasteiger partial charge in [-0.15, -0.1) is 0 Å². The maximum atomic E-state index is 11.8. The van der Waals surface area contributed by atoms with Crippen molar-refractivity contribution < 1.29 is 4.79 Å². The molecule has 1 fully saturated rings. The van der Waals surface area contributed by atoms with Crippen molar-refractivity contribution in [2.24, 2.45) is 5.92 Å². The van der Waals surface area contributed by atoms with Crippen LogP contribution in [0.25, 0.3) is 0 Å². The third kappa shape index (κ3) is 2.75. The van der Waals surface area contributed by atoms with Crippen molar-refractivity contribution in [1.29, 1.82) is 0 Å². The number of nitrogens with one attached hydrogen (secondary N) is 1. The first-order valence-corrected chi connectivity index (χ1v) is 6.53. The molecule has 1 aliphatic heterocycles. The van der Waals surface area contributed by atoms with Crippen molar-refractivity contribution >= 4 is 23.0 Å². The van der Waals surface area contributed by atoms with Crippen LogP contribution in [-0.2, 0) is 4.79 Å². The molecule has 1 saturated heterocycles. The molecule has 0 aliphatic carbocycles. The average Bonchev–Trinajstić information content (AvgIpc) is 2.82. The molecule has 1 amide bonds. The van der Waals surface area contributed by atoms with Crippen molar-refractivity contribution in [3.63, 3.8) is 0 Å². The number of nitrogens with two attached hydrogens (primary N) is 1. The third-order valence-corrected chi connectivity index (χ3v) is 3.25. The zero-order valence-electron chi connectivity index (χ0n) is 11.1. The zero-order chi connectivity index (χ0) is 13.1. The van der Waals surface area contributed by atoms with Crippen LogP contribution in [-0.4, -0.2) is 19.0 Å². The lowest BCUT2D eigenvalue weighted by Crippen LogP contribution is -2.23. The quantitative estimate of drug-likeness (QED) is 0.807. The summed E-state index contributed by atoms with van der Waals surface area (Å²) in [4.78, 5) is 14.1. The lowest BCUT2D eigenvalue weighted by Gasteiger charge is -2.22. The van der Waals surface area contributed by atoms with E-state index in [-0.39, 0.29) is 11.8 Å². The van der Waals surface area contributed by atoms with Crippen molar-refractivity contribution in [3.05, 3.63) is 18.2 Å². The smallest absolute Gasteiger partial charge is 0.226 e. The summed E-state index contributed by atoms with van der Waals surface area (Å²) in [6.07, 6.45) is 2.42. The SMILES string of the molecule is CC(C)C(=O)Nc1cc(N)ccc1N1CCCC1. The molecule has 0 atom stereocenters. The molecule has 0 bridgehead atoms. The lowest BCUT2D eigenvalue weighted by atomic mass is 10.1. The van der Waals surface area contributed by atoms with E-state index in [4.69, 9.17) is 5.73 Å². The number of amides is 1. The molecule has 0 aromatic heterocycles. The van der Waals surface area contributed by atoms with Gasteiger partial charge in [0.2, 0.25) is 5.91 Å². The number of benzene rings is 1. The highest BCUT2D eigenvalue weighted by Gasteiger charge is 2.17. The van der Waals surface area contributed by atoms with Gasteiger partial charge >= 0.3 is 0 Å². The average molecular weight is 247 g/mol. The van der Waals surface area contributed by atoms with Crippen LogP contribution in [0.5, 0.6) is 0 Å². The standard InChI is InChI=1S/C14H21N3O/c1-10(2)14(18)16-12-9-11(15)5-6-13(12)17-7-3-4-8-17/h5-6,9-10H,3-4,7-8,15H2,1-2H3,(H,16,18). The Hall–Kier alpha value is -1.71. The van der Waals surface area contributed by atoms with E-state index in [0.29, 0.717) is 5.69 Å². The Bertz CT molecular complexity index is 437. The van der Waals surface area contributed by atoms with E-state index in [0.717, 1.165) is 24.5 Å². The topological polar surface area (TPSA) is 58.4 Å². The van der Waals surface area contributed by atoms with Gasteiger partial charge in [0.1, 0.15) is 0 Å². The molecule has 4 heteroatoms. The van der Waals surface area contributed by atoms with Gasteiger partial charge < -0.3 is 16.0 Å². The van der Waals surface area contributed by atoms with Crippen LogP contribution >= 0.6 is 0 Å². The minimum absolute atomic E-state index is 0.0287. The number of anilines is 3. The molecule has 1 aromatic rings. The lowest BCUT2D eigenvalue weighted by molar-refractivity contribution is -0.118. The van der Waals surface area contributed by atoms with Gasteiger partial charge in [-0.3, -0.25) is 4.79 Å². The van der Waals surface area contributed by atoms with E-state index in [1.165, 1.54) is 12.8 Å². The minimum Gasteiger partial charge on any atom is -0.399 e. The molecule has 0 radical (unpaired) electrons. The molecule has 1 heterocycles. The third-order valence-electron chi connectivity index (χ3n) is 3.25. The Morgan fingerprint density at radius 2 is 2.00 bits per heavy atom. The normalized spacial score (nSPS) is 15.2. The number of nitrogen functional groups attached to an aromatic ring is 1. The van der Waals surface area contributed by atoms with Gasteiger partial charge in [0, 0.05) is 24.7 Å². The minimum atomic E-state index is -0.0298. The predicted molar refractivity (Wildman–Crippen MR) is 75.8 cm³/mol. The van der Waals surface area contributed by atoms with Crippen molar-refractivity contribution in [2.75, 3.05) is 29.0 Å². The number of hydrogen-bond donors (Lipinski definition) is 2. The Morgan fingerprint density at radius 3 is 2.61 bits per heavy atom. The summed E-state index contributed by atoms with van der Waals surface area (Å²) in [7, 11) is 0. The highest BCUT2D eigenvalue weighted by molar-refractivity contribution is 5.96. The second kappa shape index (κ2) is 5.29. The van der Waals surface area contributed by atoms with Gasteiger partial charge in [-0.1, -0.05) is 13.8 Å². The number of carbonyl (C=O) groups excluding carboxylic acids is 1. The van der Waals surface area contributed by atoms with Crippen LogP contribution in [0.1, 0.15) is 26.7 Å². The number of nitrogens with zero attached hydrogens (tertiary/aromatic N) is 1. The second-order valence-corrected chi connectivity index (χ2v) is 5.11. The van der Waals surface area contributed by atoms with Gasteiger partial charge in [-0.2, -0.15) is 0 Å². The van der Waals surface area contributed by atoms with Crippen molar-refractivity contribution in [2.45, 2.75) is 26.7 Å². The fourth-order valence-electron chi connectivity index (χ4n) is 2.16. The van der Waals surface area contributed by atoms with Crippen molar-refractivity contribution in [3.8, 4) is 0 Å². The van der Waals surface area contributed by atoms with Gasteiger partial charge in [0.15, 0.2) is 0 Å². The molecule has 0 spiro atoms. The summed E-state index contributed by atoms with van der Waals surface area (Å²) >= 11 is 0.